The van der Waals surface area contributed by atoms with E-state index in [2.05, 4.69) is 20.9 Å². The van der Waals surface area contributed by atoms with Gasteiger partial charge in [0.25, 0.3) is 5.56 Å². The number of fused-ring (bicyclic) bond motifs is 7. The van der Waals surface area contributed by atoms with E-state index in [9.17, 15) is 9.59 Å². The van der Waals surface area contributed by atoms with E-state index < -0.39 is 0 Å². The number of likely N-dealkylation sites (tertiary alicyclic amines) is 1. The van der Waals surface area contributed by atoms with Crippen LogP contribution in [0.5, 0.6) is 11.5 Å². The lowest BCUT2D eigenvalue weighted by atomic mass is 9.68. The van der Waals surface area contributed by atoms with E-state index in [1.54, 1.807) is 19.2 Å². The maximum atomic E-state index is 13.6. The second kappa shape index (κ2) is 8.97. The fourth-order valence-electron chi connectivity index (χ4n) is 7.09. The first-order valence-corrected chi connectivity index (χ1v) is 12.9. The van der Waals surface area contributed by atoms with Crippen LogP contribution in [0, 0.1) is 11.8 Å². The number of nitrogens with zero attached hydrogens (tertiary/aromatic N) is 4. The first-order valence-electron chi connectivity index (χ1n) is 12.9. The topological polar surface area (TPSA) is 76.9 Å². The lowest BCUT2D eigenvalue weighted by molar-refractivity contribution is -0.137. The predicted molar refractivity (Wildman–Crippen MR) is 133 cm³/mol. The van der Waals surface area contributed by atoms with Gasteiger partial charge in [-0.25, -0.2) is 4.98 Å². The van der Waals surface area contributed by atoms with Crippen molar-refractivity contribution in [3.05, 3.63) is 40.5 Å². The third-order valence-corrected chi connectivity index (χ3v) is 8.61. The van der Waals surface area contributed by atoms with Crippen molar-refractivity contribution in [3.63, 3.8) is 0 Å². The smallest absolute Gasteiger partial charge is 0.261 e. The van der Waals surface area contributed by atoms with Crippen LogP contribution in [0.4, 0.5) is 0 Å². The van der Waals surface area contributed by atoms with E-state index in [1.165, 1.54) is 55.8 Å². The predicted octanol–water partition coefficient (Wildman–Crippen LogP) is 2.84. The normalized spacial score (nSPS) is 28.2. The summed E-state index contributed by atoms with van der Waals surface area (Å²) in [5, 5.41) is 0.418. The molecule has 4 heterocycles. The number of carbonyl (C=O) groups excluding carboxylic acids is 1. The third-order valence-electron chi connectivity index (χ3n) is 8.61. The molecule has 2 bridgehead atoms. The first-order chi connectivity index (χ1) is 17.1. The van der Waals surface area contributed by atoms with Gasteiger partial charge in [0.15, 0.2) is 11.5 Å². The molecule has 3 saturated heterocycles. The Balaban J connectivity index is 1.27. The summed E-state index contributed by atoms with van der Waals surface area (Å²) in [4.78, 5) is 36.1. The van der Waals surface area contributed by atoms with Gasteiger partial charge in [-0.2, -0.15) is 0 Å². The van der Waals surface area contributed by atoms with Crippen molar-refractivity contribution < 1.29 is 14.3 Å². The number of benzene rings is 1. The molecule has 3 fully saturated rings. The molecule has 4 aliphatic rings. The molecule has 0 N–H and O–H groups in total. The average molecular weight is 479 g/mol. The van der Waals surface area contributed by atoms with Crippen molar-refractivity contribution in [2.45, 2.75) is 57.2 Å². The second-order valence-electron chi connectivity index (χ2n) is 10.5. The number of rotatable bonds is 4. The molecular formula is C27H34N4O4. The molecule has 1 aliphatic carbocycles. The number of amides is 1. The van der Waals surface area contributed by atoms with Crippen LogP contribution in [0.2, 0.25) is 0 Å². The summed E-state index contributed by atoms with van der Waals surface area (Å²) in [5.41, 5.74) is 1.74. The molecule has 0 spiro atoms. The SMILES string of the molecule is COc1cc2ncn(CC(=O)N3CCCC4=C[C@H]5C[C@@H](CN6CCCC[C@H]56)[C@@H]43)c(=O)c2cc1OC. The molecule has 0 radical (unpaired) electrons. The number of methoxy groups -OCH3 is 2. The number of ether oxygens (including phenoxy) is 2. The van der Waals surface area contributed by atoms with Crippen LogP contribution in [0.15, 0.2) is 34.9 Å². The maximum Gasteiger partial charge on any atom is 0.261 e. The van der Waals surface area contributed by atoms with E-state index in [0.717, 1.165) is 25.9 Å². The van der Waals surface area contributed by atoms with Crippen molar-refractivity contribution in [1.29, 1.82) is 0 Å². The molecule has 6 rings (SSSR count). The van der Waals surface area contributed by atoms with Gasteiger partial charge in [0.1, 0.15) is 6.54 Å². The first kappa shape index (κ1) is 22.6. The van der Waals surface area contributed by atoms with Crippen LogP contribution < -0.4 is 15.0 Å². The third kappa shape index (κ3) is 3.82. The average Bonchev–Trinajstić information content (AvgIpc) is 2.89. The summed E-state index contributed by atoms with van der Waals surface area (Å²) in [7, 11) is 3.09. The Morgan fingerprint density at radius 2 is 1.94 bits per heavy atom. The standard InChI is InChI=1S/C27H34N4O4/c1-34-23-12-20-21(13-24(23)35-2)28-16-30(27(20)33)15-25(32)31-9-5-6-17-10-18-11-19(26(17)31)14-29-8-4-3-7-22(18)29/h10,12-13,16,18-19,22,26H,3-9,11,14-15H2,1-2H3/t18-,19-,22+,26+/m0/s1. The maximum absolute atomic E-state index is 13.6. The molecule has 35 heavy (non-hydrogen) atoms. The molecule has 1 aromatic carbocycles. The lowest BCUT2D eigenvalue weighted by Crippen LogP contribution is -2.60. The highest BCUT2D eigenvalue weighted by molar-refractivity contribution is 5.82. The molecule has 4 atom stereocenters. The van der Waals surface area contributed by atoms with E-state index in [-0.39, 0.29) is 24.1 Å². The zero-order valence-electron chi connectivity index (χ0n) is 20.6. The molecule has 8 heteroatoms. The van der Waals surface area contributed by atoms with Crippen LogP contribution in [-0.4, -0.2) is 71.2 Å². The number of hydrogen-bond donors (Lipinski definition) is 0. The number of carbonyl (C=O) groups is 1. The van der Waals surface area contributed by atoms with Gasteiger partial charge in [0.05, 0.1) is 37.5 Å². The fourth-order valence-corrected chi connectivity index (χ4v) is 7.09. The number of piperidine rings is 3. The minimum atomic E-state index is -0.241. The van der Waals surface area contributed by atoms with Gasteiger partial charge in [-0.05, 0) is 56.6 Å². The molecule has 8 nitrogen and oxygen atoms in total. The van der Waals surface area contributed by atoms with Gasteiger partial charge >= 0.3 is 0 Å². The van der Waals surface area contributed by atoms with Crippen molar-refractivity contribution in [2.75, 3.05) is 33.9 Å². The highest BCUT2D eigenvalue weighted by atomic mass is 16.5. The lowest BCUT2D eigenvalue weighted by Gasteiger charge is -2.54. The monoisotopic (exact) mass is 478 g/mol. The summed E-state index contributed by atoms with van der Waals surface area (Å²) in [6.45, 7) is 3.04. The largest absolute Gasteiger partial charge is 0.493 e. The van der Waals surface area contributed by atoms with Crippen molar-refractivity contribution >= 4 is 16.8 Å². The highest BCUT2D eigenvalue weighted by Crippen LogP contribution is 2.45. The van der Waals surface area contributed by atoms with Gasteiger partial charge in [-0.1, -0.05) is 18.1 Å². The van der Waals surface area contributed by atoms with E-state index in [0.29, 0.717) is 40.3 Å². The molecule has 3 aliphatic heterocycles. The Hall–Kier alpha value is -2.87. The van der Waals surface area contributed by atoms with Crippen LogP contribution in [0.25, 0.3) is 10.9 Å². The second-order valence-corrected chi connectivity index (χ2v) is 10.5. The Bertz CT molecular complexity index is 1240. The number of hydrogen-bond acceptors (Lipinski definition) is 6. The van der Waals surface area contributed by atoms with Crippen LogP contribution >= 0.6 is 0 Å². The summed E-state index contributed by atoms with van der Waals surface area (Å²) in [5.74, 6) is 2.12. The Labute approximate surface area is 205 Å². The minimum Gasteiger partial charge on any atom is -0.493 e. The zero-order chi connectivity index (χ0) is 24.1. The fraction of sp³-hybridized carbons (Fsp3) is 0.593. The van der Waals surface area contributed by atoms with Gasteiger partial charge < -0.3 is 14.4 Å². The Morgan fingerprint density at radius 3 is 2.77 bits per heavy atom. The molecule has 0 unspecified atom stereocenters. The van der Waals surface area contributed by atoms with E-state index in [1.807, 2.05) is 0 Å². The summed E-state index contributed by atoms with van der Waals surface area (Å²) < 4.78 is 12.1. The van der Waals surface area contributed by atoms with Crippen molar-refractivity contribution in [3.8, 4) is 11.5 Å². The molecular weight excluding hydrogens is 444 g/mol. The summed E-state index contributed by atoms with van der Waals surface area (Å²) in [6.07, 6.45) is 11.2. The van der Waals surface area contributed by atoms with Crippen LogP contribution in [0.1, 0.15) is 38.5 Å². The Kier molecular flexibility index (Phi) is 5.79. The molecule has 2 aromatic rings. The Morgan fingerprint density at radius 1 is 1.11 bits per heavy atom. The number of aromatic nitrogens is 2. The zero-order valence-corrected chi connectivity index (χ0v) is 20.6. The van der Waals surface area contributed by atoms with Crippen LogP contribution in [-0.2, 0) is 11.3 Å². The molecule has 186 valence electrons. The van der Waals surface area contributed by atoms with Gasteiger partial charge in [0, 0.05) is 25.2 Å². The van der Waals surface area contributed by atoms with E-state index in [4.69, 9.17) is 9.47 Å². The minimum absolute atomic E-state index is 0.00237. The highest BCUT2D eigenvalue weighted by Gasteiger charge is 2.46. The van der Waals surface area contributed by atoms with Crippen molar-refractivity contribution in [2.24, 2.45) is 11.8 Å². The van der Waals surface area contributed by atoms with Gasteiger partial charge in [-0.15, -0.1) is 0 Å². The van der Waals surface area contributed by atoms with E-state index >= 15 is 0 Å². The molecule has 1 amide bonds. The van der Waals surface area contributed by atoms with Crippen LogP contribution in [0.3, 0.4) is 0 Å². The van der Waals surface area contributed by atoms with Gasteiger partial charge in [0.2, 0.25) is 5.91 Å². The van der Waals surface area contributed by atoms with Gasteiger partial charge in [-0.3, -0.25) is 19.1 Å². The molecule has 1 aromatic heterocycles. The summed E-state index contributed by atoms with van der Waals surface area (Å²) in [6, 6.07) is 4.20. The quantitative estimate of drug-likeness (QED) is 0.629. The van der Waals surface area contributed by atoms with Crippen molar-refractivity contribution in [1.82, 2.24) is 19.4 Å². The molecule has 0 saturated carbocycles. The summed E-state index contributed by atoms with van der Waals surface area (Å²) >= 11 is 0.